The number of rotatable bonds is 9. The van der Waals surface area contributed by atoms with Gasteiger partial charge in [-0.25, -0.2) is 0 Å². The summed E-state index contributed by atoms with van der Waals surface area (Å²) in [6.07, 6.45) is -0.319. The molecule has 21 heavy (non-hydrogen) atoms. The largest absolute Gasteiger partial charge is 0.493 e. The van der Waals surface area contributed by atoms with Crippen LogP contribution >= 0.6 is 0 Å². The Morgan fingerprint density at radius 1 is 1.19 bits per heavy atom. The van der Waals surface area contributed by atoms with Crippen LogP contribution in [0.15, 0.2) is 23.2 Å². The smallest absolute Gasteiger partial charge is 0.161 e. The lowest BCUT2D eigenvalue weighted by molar-refractivity contribution is 0.0423. The minimum atomic E-state index is -0.319. The van der Waals surface area contributed by atoms with Gasteiger partial charge in [0, 0.05) is 13.7 Å². The molecule has 0 aromatic heterocycles. The molecule has 0 aliphatic rings. The van der Waals surface area contributed by atoms with E-state index in [4.69, 9.17) is 24.7 Å². The van der Waals surface area contributed by atoms with Crippen LogP contribution in [-0.4, -0.2) is 46.5 Å². The van der Waals surface area contributed by atoms with E-state index in [1.165, 1.54) is 0 Å². The highest BCUT2D eigenvalue weighted by Crippen LogP contribution is 2.27. The van der Waals surface area contributed by atoms with E-state index in [2.05, 4.69) is 4.99 Å². The summed E-state index contributed by atoms with van der Waals surface area (Å²) >= 11 is 0. The fraction of sp³-hybridized carbons (Fsp3) is 0.533. The zero-order valence-electron chi connectivity index (χ0n) is 13.1. The summed E-state index contributed by atoms with van der Waals surface area (Å²) in [5, 5.41) is 0. The molecule has 0 heterocycles. The lowest BCUT2D eigenvalue weighted by atomic mass is 10.2. The van der Waals surface area contributed by atoms with Crippen LogP contribution in [0.3, 0.4) is 0 Å². The fourth-order valence-corrected chi connectivity index (χ4v) is 1.83. The molecule has 0 radical (unpaired) electrons. The molecule has 1 aromatic rings. The lowest BCUT2D eigenvalue weighted by Gasteiger charge is -2.15. The van der Waals surface area contributed by atoms with E-state index < -0.39 is 0 Å². The Morgan fingerprint density at radius 2 is 1.90 bits per heavy atom. The number of nitrogens with zero attached hydrogens (tertiary/aromatic N) is 1. The van der Waals surface area contributed by atoms with Crippen LogP contribution in [0, 0.1) is 0 Å². The van der Waals surface area contributed by atoms with E-state index in [-0.39, 0.29) is 6.10 Å². The normalized spacial score (nSPS) is 13.0. The monoisotopic (exact) mass is 296 g/mol. The predicted octanol–water partition coefficient (Wildman–Crippen LogP) is 1.61. The number of aliphatic imine (C=N–C) groups is 1. The quantitative estimate of drug-likeness (QED) is 0.553. The minimum Gasteiger partial charge on any atom is -0.493 e. The highest BCUT2D eigenvalue weighted by Gasteiger charge is 2.13. The summed E-state index contributed by atoms with van der Waals surface area (Å²) in [5.41, 5.74) is 6.93. The van der Waals surface area contributed by atoms with Crippen LogP contribution < -0.4 is 15.2 Å². The molecule has 0 spiro atoms. The van der Waals surface area contributed by atoms with Gasteiger partial charge in [0.15, 0.2) is 11.5 Å². The molecule has 1 atom stereocenters. The molecule has 0 saturated heterocycles. The average molecular weight is 296 g/mol. The van der Waals surface area contributed by atoms with E-state index in [0.717, 1.165) is 5.56 Å². The summed E-state index contributed by atoms with van der Waals surface area (Å²) < 4.78 is 21.0. The minimum absolute atomic E-state index is 0.319. The second-order valence-electron chi connectivity index (χ2n) is 4.33. The topological polar surface area (TPSA) is 75.3 Å². The number of hydrogen-bond acceptors (Lipinski definition) is 5. The van der Waals surface area contributed by atoms with Crippen molar-refractivity contribution in [3.05, 3.63) is 23.8 Å². The van der Waals surface area contributed by atoms with Crippen molar-refractivity contribution < 1.29 is 18.9 Å². The van der Waals surface area contributed by atoms with E-state index in [9.17, 15) is 0 Å². The first kappa shape index (κ1) is 17.3. The van der Waals surface area contributed by atoms with Gasteiger partial charge in [0.05, 0.1) is 27.4 Å². The third-order valence-corrected chi connectivity index (χ3v) is 2.91. The number of nitrogens with two attached hydrogens (primary N) is 1. The van der Waals surface area contributed by atoms with E-state index in [1.807, 2.05) is 25.1 Å². The fourth-order valence-electron chi connectivity index (χ4n) is 1.83. The number of benzene rings is 1. The van der Waals surface area contributed by atoms with Crippen LogP contribution in [-0.2, 0) is 16.0 Å². The van der Waals surface area contributed by atoms with Crippen LogP contribution in [0.5, 0.6) is 11.5 Å². The van der Waals surface area contributed by atoms with Gasteiger partial charge in [-0.1, -0.05) is 6.07 Å². The van der Waals surface area contributed by atoms with E-state index >= 15 is 0 Å². The molecule has 0 saturated carbocycles. The predicted molar refractivity (Wildman–Crippen MR) is 82.2 cm³/mol. The first-order chi connectivity index (χ1) is 10.2. The molecule has 6 heteroatoms. The van der Waals surface area contributed by atoms with Crippen molar-refractivity contribution in [2.24, 2.45) is 10.7 Å². The number of methoxy groups -OCH3 is 3. The third-order valence-electron chi connectivity index (χ3n) is 2.91. The molecule has 1 aromatic carbocycles. The van der Waals surface area contributed by atoms with E-state index in [0.29, 0.717) is 37.1 Å². The molecular formula is C15H24N2O4. The van der Waals surface area contributed by atoms with Gasteiger partial charge in [0.1, 0.15) is 11.9 Å². The van der Waals surface area contributed by atoms with Gasteiger partial charge in [0.2, 0.25) is 0 Å². The maximum Gasteiger partial charge on any atom is 0.161 e. The third kappa shape index (κ3) is 5.24. The zero-order chi connectivity index (χ0) is 15.7. The average Bonchev–Trinajstić information content (AvgIpc) is 2.52. The van der Waals surface area contributed by atoms with Crippen LogP contribution in [0.1, 0.15) is 12.5 Å². The maximum atomic E-state index is 5.95. The standard InChI is InChI=1S/C15H24N2O4/c1-5-21-14(10-18-2)15(16)17-9-11-6-7-12(19-3)13(8-11)20-4/h6-8,14H,5,9-10H2,1-4H3,(H2,16,17). The van der Waals surface area contributed by atoms with Crippen molar-refractivity contribution in [1.29, 1.82) is 0 Å². The molecule has 0 aliphatic heterocycles. The number of hydrogen-bond donors (Lipinski definition) is 1. The van der Waals surface area contributed by atoms with Crippen molar-refractivity contribution in [2.45, 2.75) is 19.6 Å². The molecular weight excluding hydrogens is 272 g/mol. The SMILES string of the molecule is CCOC(COC)C(N)=NCc1ccc(OC)c(OC)c1. The Labute approximate surface area is 125 Å². The Kier molecular flexibility index (Phi) is 7.56. The molecule has 0 fully saturated rings. The summed E-state index contributed by atoms with van der Waals surface area (Å²) in [5.74, 6) is 1.78. The summed E-state index contributed by atoms with van der Waals surface area (Å²) in [7, 11) is 4.81. The van der Waals surface area contributed by atoms with Gasteiger partial charge < -0.3 is 24.7 Å². The van der Waals surface area contributed by atoms with Crippen molar-refractivity contribution in [2.75, 3.05) is 34.5 Å². The summed E-state index contributed by atoms with van der Waals surface area (Å²) in [4.78, 5) is 4.36. The molecule has 0 amide bonds. The van der Waals surface area contributed by atoms with Crippen molar-refractivity contribution in [3.63, 3.8) is 0 Å². The highest BCUT2D eigenvalue weighted by atomic mass is 16.5. The Morgan fingerprint density at radius 3 is 2.48 bits per heavy atom. The molecule has 1 rings (SSSR count). The van der Waals surface area contributed by atoms with Crippen molar-refractivity contribution >= 4 is 5.84 Å². The summed E-state index contributed by atoms with van der Waals surface area (Å²) in [6.45, 7) is 3.29. The highest BCUT2D eigenvalue weighted by molar-refractivity contribution is 5.85. The van der Waals surface area contributed by atoms with Gasteiger partial charge >= 0.3 is 0 Å². The lowest BCUT2D eigenvalue weighted by Crippen LogP contribution is -2.35. The number of amidine groups is 1. The zero-order valence-corrected chi connectivity index (χ0v) is 13.1. The van der Waals surface area contributed by atoms with Gasteiger partial charge in [0.25, 0.3) is 0 Å². The van der Waals surface area contributed by atoms with Crippen LogP contribution in [0.25, 0.3) is 0 Å². The van der Waals surface area contributed by atoms with Gasteiger partial charge in [-0.15, -0.1) is 0 Å². The molecule has 1 unspecified atom stereocenters. The Balaban J connectivity index is 2.77. The Hall–Kier alpha value is -1.79. The summed E-state index contributed by atoms with van der Waals surface area (Å²) in [6, 6.07) is 5.64. The molecule has 6 nitrogen and oxygen atoms in total. The molecule has 118 valence electrons. The van der Waals surface area contributed by atoms with Crippen LogP contribution in [0.4, 0.5) is 0 Å². The Bertz CT molecular complexity index is 457. The van der Waals surface area contributed by atoms with Gasteiger partial charge in [-0.05, 0) is 24.6 Å². The van der Waals surface area contributed by atoms with Gasteiger partial charge in [-0.2, -0.15) is 0 Å². The van der Waals surface area contributed by atoms with Gasteiger partial charge in [-0.3, -0.25) is 4.99 Å². The van der Waals surface area contributed by atoms with Crippen molar-refractivity contribution in [3.8, 4) is 11.5 Å². The second-order valence-corrected chi connectivity index (χ2v) is 4.33. The van der Waals surface area contributed by atoms with Crippen LogP contribution in [0.2, 0.25) is 0 Å². The second kappa shape index (κ2) is 9.20. The van der Waals surface area contributed by atoms with Crippen molar-refractivity contribution in [1.82, 2.24) is 0 Å². The molecule has 0 aliphatic carbocycles. The molecule has 2 N–H and O–H groups in total. The first-order valence-corrected chi connectivity index (χ1v) is 6.77. The van der Waals surface area contributed by atoms with E-state index in [1.54, 1.807) is 21.3 Å². The number of ether oxygens (including phenoxy) is 4. The first-order valence-electron chi connectivity index (χ1n) is 6.77. The maximum absolute atomic E-state index is 5.95. The molecule has 0 bridgehead atoms.